The minimum Gasteiger partial charge on any atom is -0.356 e. The minimum atomic E-state index is 0.395. The Morgan fingerprint density at radius 1 is 1.32 bits per heavy atom. The van der Waals surface area contributed by atoms with Gasteiger partial charge in [-0.3, -0.25) is 0 Å². The van der Waals surface area contributed by atoms with Crippen LogP contribution in [0, 0.1) is 5.92 Å². The third-order valence-electron chi connectivity index (χ3n) is 4.27. The number of hydrogen-bond donors (Lipinski definition) is 0. The fraction of sp³-hybridized carbons (Fsp3) is 0.714. The van der Waals surface area contributed by atoms with E-state index in [1.54, 1.807) is 0 Å². The van der Waals surface area contributed by atoms with Crippen molar-refractivity contribution in [2.45, 2.75) is 50.0 Å². The number of fused-ring (bicyclic) bond motifs is 1. The van der Waals surface area contributed by atoms with Crippen LogP contribution in [0.25, 0.3) is 0 Å². The van der Waals surface area contributed by atoms with Crippen LogP contribution in [0.4, 0.5) is 5.82 Å². The van der Waals surface area contributed by atoms with E-state index in [0.29, 0.717) is 11.3 Å². The summed E-state index contributed by atoms with van der Waals surface area (Å²) in [6.45, 7) is 2.35. The van der Waals surface area contributed by atoms with Crippen LogP contribution in [0.1, 0.15) is 38.3 Å². The van der Waals surface area contributed by atoms with Crippen molar-refractivity contribution in [2.24, 2.45) is 5.92 Å². The third kappa shape index (κ3) is 2.70. The van der Waals surface area contributed by atoms with E-state index in [0.717, 1.165) is 29.6 Å². The Morgan fingerprint density at radius 3 is 2.95 bits per heavy atom. The molecule has 0 bridgehead atoms. The van der Waals surface area contributed by atoms with Crippen LogP contribution >= 0.6 is 23.4 Å². The first-order chi connectivity index (χ1) is 9.15. The molecule has 1 aromatic rings. The normalized spacial score (nSPS) is 26.3. The van der Waals surface area contributed by atoms with E-state index in [2.05, 4.69) is 28.8 Å². The summed E-state index contributed by atoms with van der Waals surface area (Å²) < 4.78 is 0. The summed E-state index contributed by atoms with van der Waals surface area (Å²) in [5.41, 5.74) is 1.13. The molecule has 0 radical (unpaired) electrons. The molecule has 0 amide bonds. The second-order valence-corrected chi connectivity index (χ2v) is 7.17. The number of nitrogens with zero attached hydrogens (tertiary/aromatic N) is 3. The predicted molar refractivity (Wildman–Crippen MR) is 81.3 cm³/mol. The van der Waals surface area contributed by atoms with E-state index in [-0.39, 0.29) is 0 Å². The highest BCUT2D eigenvalue weighted by molar-refractivity contribution is 7.99. The summed E-state index contributed by atoms with van der Waals surface area (Å²) in [5, 5.41) is 0.395. The second-order valence-electron chi connectivity index (χ2n) is 5.73. The molecule has 0 N–H and O–H groups in total. The average Bonchev–Trinajstić information content (AvgIpc) is 2.85. The monoisotopic (exact) mass is 297 g/mol. The SMILES string of the molecule is CC1CCCC(N(C)c2nc(Cl)nc3c2SCC3)C1. The number of hydrogen-bond acceptors (Lipinski definition) is 4. The third-order valence-corrected chi connectivity index (χ3v) is 5.55. The van der Waals surface area contributed by atoms with Gasteiger partial charge >= 0.3 is 0 Å². The maximum Gasteiger partial charge on any atom is 0.224 e. The Bertz CT molecular complexity index is 480. The molecule has 2 unspecified atom stereocenters. The summed E-state index contributed by atoms with van der Waals surface area (Å²) in [5.74, 6) is 2.97. The summed E-state index contributed by atoms with van der Waals surface area (Å²) in [6, 6.07) is 0.597. The molecule has 3 rings (SSSR count). The summed E-state index contributed by atoms with van der Waals surface area (Å²) >= 11 is 7.95. The van der Waals surface area contributed by atoms with Crippen molar-refractivity contribution in [1.82, 2.24) is 9.97 Å². The Kier molecular flexibility index (Phi) is 3.90. The molecule has 19 heavy (non-hydrogen) atoms. The molecule has 1 fully saturated rings. The molecule has 1 saturated carbocycles. The first-order valence-corrected chi connectivity index (χ1v) is 8.43. The summed E-state index contributed by atoms with van der Waals surface area (Å²) in [6.07, 6.45) is 6.23. The number of anilines is 1. The number of thioether (sulfide) groups is 1. The molecular weight excluding hydrogens is 278 g/mol. The first kappa shape index (κ1) is 13.5. The molecule has 1 aromatic heterocycles. The molecule has 0 spiro atoms. The van der Waals surface area contributed by atoms with Crippen molar-refractivity contribution < 1.29 is 0 Å². The second kappa shape index (κ2) is 5.49. The smallest absolute Gasteiger partial charge is 0.224 e. The van der Waals surface area contributed by atoms with Crippen LogP contribution in [0.3, 0.4) is 0 Å². The number of halogens is 1. The standard InChI is InChI=1S/C14H20ClN3S/c1-9-4-3-5-10(8-9)18(2)13-12-11(6-7-19-12)16-14(15)17-13/h9-10H,3-8H2,1-2H3. The number of rotatable bonds is 2. The molecule has 104 valence electrons. The van der Waals surface area contributed by atoms with Gasteiger partial charge in [0.2, 0.25) is 5.28 Å². The van der Waals surface area contributed by atoms with Crippen molar-refractivity contribution >= 4 is 29.2 Å². The Morgan fingerprint density at radius 2 is 2.16 bits per heavy atom. The maximum atomic E-state index is 6.08. The van der Waals surface area contributed by atoms with E-state index in [1.807, 2.05) is 11.8 Å². The van der Waals surface area contributed by atoms with Crippen molar-refractivity contribution in [1.29, 1.82) is 0 Å². The van der Waals surface area contributed by atoms with E-state index in [1.165, 1.54) is 30.6 Å². The average molecular weight is 298 g/mol. The van der Waals surface area contributed by atoms with Gasteiger partial charge in [0, 0.05) is 25.3 Å². The zero-order valence-corrected chi connectivity index (χ0v) is 13.1. The highest BCUT2D eigenvalue weighted by Gasteiger charge is 2.28. The number of aromatic nitrogens is 2. The quantitative estimate of drug-likeness (QED) is 0.777. The Labute approximate surface area is 124 Å². The molecule has 5 heteroatoms. The van der Waals surface area contributed by atoms with Crippen LogP contribution in [-0.2, 0) is 6.42 Å². The lowest BCUT2D eigenvalue weighted by Gasteiger charge is -2.35. The molecule has 2 aliphatic rings. The zero-order valence-electron chi connectivity index (χ0n) is 11.5. The van der Waals surface area contributed by atoms with Gasteiger partial charge in [-0.25, -0.2) is 4.98 Å². The molecule has 2 atom stereocenters. The van der Waals surface area contributed by atoms with Crippen molar-refractivity contribution in [3.8, 4) is 0 Å². The highest BCUT2D eigenvalue weighted by atomic mass is 35.5. The van der Waals surface area contributed by atoms with Crippen molar-refractivity contribution in [2.75, 3.05) is 17.7 Å². The lowest BCUT2D eigenvalue weighted by atomic mass is 9.86. The van der Waals surface area contributed by atoms with Gasteiger partial charge in [-0.1, -0.05) is 19.8 Å². The van der Waals surface area contributed by atoms with Gasteiger partial charge in [-0.2, -0.15) is 4.98 Å². The molecular formula is C14H20ClN3S. The van der Waals surface area contributed by atoms with E-state index >= 15 is 0 Å². The maximum absolute atomic E-state index is 6.08. The van der Waals surface area contributed by atoms with Crippen molar-refractivity contribution in [3.05, 3.63) is 11.0 Å². The van der Waals surface area contributed by atoms with Crippen LogP contribution in [0.15, 0.2) is 4.90 Å². The van der Waals surface area contributed by atoms with Crippen LogP contribution in [0.5, 0.6) is 0 Å². The van der Waals surface area contributed by atoms with Gasteiger partial charge in [0.25, 0.3) is 0 Å². The fourth-order valence-electron chi connectivity index (χ4n) is 3.19. The van der Waals surface area contributed by atoms with Gasteiger partial charge in [-0.05, 0) is 30.4 Å². The van der Waals surface area contributed by atoms with Crippen LogP contribution in [-0.4, -0.2) is 28.8 Å². The molecule has 1 aliphatic carbocycles. The molecule has 1 aliphatic heterocycles. The first-order valence-electron chi connectivity index (χ1n) is 7.07. The van der Waals surface area contributed by atoms with Gasteiger partial charge in [0.05, 0.1) is 10.6 Å². The Balaban J connectivity index is 1.89. The van der Waals surface area contributed by atoms with Crippen LogP contribution < -0.4 is 4.90 Å². The zero-order chi connectivity index (χ0) is 13.4. The van der Waals surface area contributed by atoms with E-state index in [9.17, 15) is 0 Å². The predicted octanol–water partition coefficient (Wildman–Crippen LogP) is 3.79. The van der Waals surface area contributed by atoms with Gasteiger partial charge < -0.3 is 4.90 Å². The Hall–Kier alpha value is -0.480. The molecule has 0 aromatic carbocycles. The highest BCUT2D eigenvalue weighted by Crippen LogP contribution is 2.39. The number of aryl methyl sites for hydroxylation is 1. The lowest BCUT2D eigenvalue weighted by molar-refractivity contribution is 0.335. The summed E-state index contributed by atoms with van der Waals surface area (Å²) in [7, 11) is 2.17. The van der Waals surface area contributed by atoms with Gasteiger partial charge in [0.15, 0.2) is 0 Å². The van der Waals surface area contributed by atoms with E-state index in [4.69, 9.17) is 11.6 Å². The molecule has 0 saturated heterocycles. The minimum absolute atomic E-state index is 0.395. The van der Waals surface area contributed by atoms with Crippen LogP contribution in [0.2, 0.25) is 5.28 Å². The topological polar surface area (TPSA) is 29.0 Å². The fourth-order valence-corrected chi connectivity index (χ4v) is 4.50. The van der Waals surface area contributed by atoms with Gasteiger partial charge in [0.1, 0.15) is 5.82 Å². The molecule has 3 nitrogen and oxygen atoms in total. The lowest BCUT2D eigenvalue weighted by Crippen LogP contribution is -2.36. The van der Waals surface area contributed by atoms with Gasteiger partial charge in [-0.15, -0.1) is 11.8 Å². The van der Waals surface area contributed by atoms with Crippen molar-refractivity contribution in [3.63, 3.8) is 0 Å². The molecule has 2 heterocycles. The largest absolute Gasteiger partial charge is 0.356 e. The van der Waals surface area contributed by atoms with E-state index < -0.39 is 0 Å². The summed E-state index contributed by atoms with van der Waals surface area (Å²) in [4.78, 5) is 12.5.